The molecule has 0 saturated carbocycles. The van der Waals surface area contributed by atoms with Crippen LogP contribution >= 0.6 is 0 Å². The van der Waals surface area contributed by atoms with Crippen LogP contribution < -0.4 is 29.6 Å². The number of hydrogen-bond acceptors (Lipinski definition) is 8. The molecule has 0 heterocycles. The molecule has 0 aromatic heterocycles. The molecule has 0 spiro atoms. The fourth-order valence-electron chi connectivity index (χ4n) is 2.88. The van der Waals surface area contributed by atoms with Crippen LogP contribution in [0.25, 0.3) is 6.08 Å². The van der Waals surface area contributed by atoms with Crippen molar-refractivity contribution < 1.29 is 33.6 Å². The van der Waals surface area contributed by atoms with Gasteiger partial charge < -0.3 is 39.4 Å². The Morgan fingerprint density at radius 3 is 2.24 bits per heavy atom. The molecule has 0 bridgehead atoms. The Hall–Kier alpha value is -3.69. The van der Waals surface area contributed by atoms with Gasteiger partial charge in [0.25, 0.3) is 0 Å². The van der Waals surface area contributed by atoms with Gasteiger partial charge in [-0.25, -0.2) is 0 Å². The molecule has 0 aliphatic carbocycles. The van der Waals surface area contributed by atoms with Gasteiger partial charge in [0.05, 0.1) is 39.7 Å². The van der Waals surface area contributed by atoms with Crippen LogP contribution in [0, 0.1) is 0 Å². The summed E-state index contributed by atoms with van der Waals surface area (Å²) in [5.74, 6) is 1.80. The van der Waals surface area contributed by atoms with Gasteiger partial charge in [-0.05, 0) is 37.3 Å². The zero-order valence-electron chi connectivity index (χ0n) is 19.4. The smallest absolute Gasteiger partial charge is 0.248 e. The third-order valence-electron chi connectivity index (χ3n) is 4.46. The van der Waals surface area contributed by atoms with Crippen LogP contribution in [0.3, 0.4) is 0 Å². The van der Waals surface area contributed by atoms with Gasteiger partial charge in [0.1, 0.15) is 23.0 Å². The molecule has 2 rings (SSSR count). The second-order valence-electron chi connectivity index (χ2n) is 6.53. The molecule has 0 aliphatic heterocycles. The molecule has 0 radical (unpaired) electrons. The second kappa shape index (κ2) is 13.0. The molecule has 0 fully saturated rings. The van der Waals surface area contributed by atoms with Crippen molar-refractivity contribution >= 4 is 23.4 Å². The van der Waals surface area contributed by atoms with Crippen molar-refractivity contribution in [3.8, 4) is 23.0 Å². The molecule has 1 atom stereocenters. The summed E-state index contributed by atoms with van der Waals surface area (Å²) in [5, 5.41) is 15.4. The van der Waals surface area contributed by atoms with Crippen LogP contribution in [-0.2, 0) is 9.53 Å². The monoisotopic (exact) mass is 458 g/mol. The van der Waals surface area contributed by atoms with Crippen molar-refractivity contribution in [1.82, 2.24) is 0 Å². The van der Waals surface area contributed by atoms with E-state index >= 15 is 0 Å². The van der Waals surface area contributed by atoms with Crippen molar-refractivity contribution in [2.24, 2.45) is 0 Å². The number of hydrogen-bond donors (Lipinski definition) is 3. The van der Waals surface area contributed by atoms with Crippen LogP contribution in [0.5, 0.6) is 23.0 Å². The van der Waals surface area contributed by atoms with E-state index in [0.29, 0.717) is 46.5 Å². The van der Waals surface area contributed by atoms with Gasteiger partial charge in [-0.3, -0.25) is 4.79 Å². The summed E-state index contributed by atoms with van der Waals surface area (Å²) in [4.78, 5) is 12.5. The fourth-order valence-corrected chi connectivity index (χ4v) is 2.88. The number of aliphatic hydroxyl groups is 1. The Kier molecular flexibility index (Phi) is 10.1. The summed E-state index contributed by atoms with van der Waals surface area (Å²) in [6, 6.07) is 8.54. The molecule has 2 aromatic rings. The zero-order chi connectivity index (χ0) is 24.2. The standard InChI is InChI=1S/C24H30N2O7/c1-6-33-24(28)11-12-25-19-13-16(7-9-20(19)30-3)26-23(27)10-8-18-21(31-4)14-17(29-2)15-22(18)32-5/h7-15,24-25,28H,6H2,1-5H3,(H,26,27)/b10-8+,12-11+. The van der Waals surface area contributed by atoms with Gasteiger partial charge in [-0.15, -0.1) is 0 Å². The number of aliphatic hydroxyl groups excluding tert-OH is 1. The first-order valence-corrected chi connectivity index (χ1v) is 10.2. The van der Waals surface area contributed by atoms with Crippen molar-refractivity contribution in [2.75, 3.05) is 45.7 Å². The number of benzene rings is 2. The predicted octanol–water partition coefficient (Wildman–Crippen LogP) is 3.65. The first kappa shape index (κ1) is 25.6. The number of methoxy groups -OCH3 is 4. The molecule has 2 aromatic carbocycles. The van der Waals surface area contributed by atoms with E-state index in [1.165, 1.54) is 39.7 Å². The van der Waals surface area contributed by atoms with Crippen LogP contribution in [0.15, 0.2) is 48.7 Å². The number of nitrogens with one attached hydrogen (secondary N) is 2. The number of ether oxygens (including phenoxy) is 5. The Morgan fingerprint density at radius 2 is 1.67 bits per heavy atom. The molecular formula is C24H30N2O7. The maximum Gasteiger partial charge on any atom is 0.248 e. The number of amides is 1. The highest BCUT2D eigenvalue weighted by molar-refractivity contribution is 6.02. The van der Waals surface area contributed by atoms with Gasteiger partial charge in [0.2, 0.25) is 5.91 Å². The van der Waals surface area contributed by atoms with E-state index in [0.717, 1.165) is 0 Å². The van der Waals surface area contributed by atoms with Gasteiger partial charge >= 0.3 is 0 Å². The molecule has 0 aliphatic rings. The lowest BCUT2D eigenvalue weighted by Crippen LogP contribution is -2.09. The predicted molar refractivity (Wildman–Crippen MR) is 127 cm³/mol. The first-order valence-electron chi connectivity index (χ1n) is 10.2. The highest BCUT2D eigenvalue weighted by Crippen LogP contribution is 2.35. The first-order chi connectivity index (χ1) is 15.9. The van der Waals surface area contributed by atoms with Crippen molar-refractivity contribution in [1.29, 1.82) is 0 Å². The maximum atomic E-state index is 12.5. The lowest BCUT2D eigenvalue weighted by molar-refractivity contribution is -0.111. The summed E-state index contributed by atoms with van der Waals surface area (Å²) < 4.78 is 26.4. The van der Waals surface area contributed by atoms with E-state index in [2.05, 4.69) is 10.6 Å². The van der Waals surface area contributed by atoms with E-state index in [1.54, 1.807) is 50.4 Å². The number of rotatable bonds is 12. The minimum Gasteiger partial charge on any atom is -0.496 e. The zero-order valence-corrected chi connectivity index (χ0v) is 19.4. The summed E-state index contributed by atoms with van der Waals surface area (Å²) >= 11 is 0. The average molecular weight is 459 g/mol. The topological polar surface area (TPSA) is 108 Å². The van der Waals surface area contributed by atoms with Gasteiger partial charge in [0.15, 0.2) is 6.29 Å². The third kappa shape index (κ3) is 7.44. The SMILES string of the molecule is CCOC(O)/C=C/Nc1cc(NC(=O)/C=C/c2c(OC)cc(OC)cc2OC)ccc1OC. The summed E-state index contributed by atoms with van der Waals surface area (Å²) in [5.41, 5.74) is 1.74. The minimum atomic E-state index is -1.02. The van der Waals surface area contributed by atoms with Crippen LogP contribution in [0.4, 0.5) is 11.4 Å². The Balaban J connectivity index is 2.16. The van der Waals surface area contributed by atoms with Crippen molar-refractivity contribution in [3.05, 3.63) is 54.2 Å². The van der Waals surface area contributed by atoms with E-state index in [1.807, 2.05) is 0 Å². The number of anilines is 2. The van der Waals surface area contributed by atoms with E-state index in [-0.39, 0.29) is 5.91 Å². The van der Waals surface area contributed by atoms with Gasteiger partial charge in [-0.1, -0.05) is 0 Å². The highest BCUT2D eigenvalue weighted by Gasteiger charge is 2.12. The molecule has 1 amide bonds. The van der Waals surface area contributed by atoms with E-state index in [9.17, 15) is 9.90 Å². The average Bonchev–Trinajstić information content (AvgIpc) is 2.82. The number of carbonyl (C=O) groups is 1. The Labute approximate surface area is 193 Å². The van der Waals surface area contributed by atoms with Crippen molar-refractivity contribution in [3.63, 3.8) is 0 Å². The number of carbonyl (C=O) groups excluding carboxylic acids is 1. The fraction of sp³-hybridized carbons (Fsp3) is 0.292. The molecule has 3 N–H and O–H groups in total. The second-order valence-corrected chi connectivity index (χ2v) is 6.53. The van der Waals surface area contributed by atoms with Gasteiger partial charge in [-0.2, -0.15) is 0 Å². The normalized spacial score (nSPS) is 11.9. The lowest BCUT2D eigenvalue weighted by Gasteiger charge is -2.13. The molecular weight excluding hydrogens is 428 g/mol. The van der Waals surface area contributed by atoms with E-state index in [4.69, 9.17) is 23.7 Å². The van der Waals surface area contributed by atoms with Gasteiger partial charge in [0, 0.05) is 36.7 Å². The molecule has 0 saturated heterocycles. The maximum absolute atomic E-state index is 12.5. The lowest BCUT2D eigenvalue weighted by atomic mass is 10.1. The molecule has 178 valence electrons. The summed E-state index contributed by atoms with van der Waals surface area (Å²) in [6.45, 7) is 2.17. The molecule has 9 heteroatoms. The molecule has 1 unspecified atom stereocenters. The van der Waals surface area contributed by atoms with Crippen LogP contribution in [0.2, 0.25) is 0 Å². The Bertz CT molecular complexity index is 964. The summed E-state index contributed by atoms with van der Waals surface area (Å²) in [7, 11) is 6.14. The molecule has 9 nitrogen and oxygen atoms in total. The Morgan fingerprint density at radius 1 is 1.00 bits per heavy atom. The minimum absolute atomic E-state index is 0.353. The highest BCUT2D eigenvalue weighted by atomic mass is 16.6. The van der Waals surface area contributed by atoms with Crippen molar-refractivity contribution in [2.45, 2.75) is 13.2 Å². The summed E-state index contributed by atoms with van der Waals surface area (Å²) in [6.07, 6.45) is 4.95. The largest absolute Gasteiger partial charge is 0.496 e. The van der Waals surface area contributed by atoms with Crippen LogP contribution in [0.1, 0.15) is 12.5 Å². The van der Waals surface area contributed by atoms with E-state index < -0.39 is 6.29 Å². The third-order valence-corrected chi connectivity index (χ3v) is 4.46. The van der Waals surface area contributed by atoms with Crippen LogP contribution in [-0.4, -0.2) is 52.3 Å². The molecule has 33 heavy (non-hydrogen) atoms. The quantitative estimate of drug-likeness (QED) is 0.327.